The van der Waals surface area contributed by atoms with E-state index in [1.54, 1.807) is 0 Å². The maximum absolute atomic E-state index is 2.45. The highest BCUT2D eigenvalue weighted by Crippen LogP contribution is 2.44. The maximum atomic E-state index is 2.45. The molecule has 12 aromatic rings. The molecule has 2 nitrogen and oxygen atoms in total. The molecule has 0 radical (unpaired) electrons. The van der Waals surface area contributed by atoms with Crippen LogP contribution in [-0.4, -0.2) is 4.57 Å². The van der Waals surface area contributed by atoms with Crippen molar-refractivity contribution in [2.75, 3.05) is 4.90 Å². The Morgan fingerprint density at radius 1 is 0.250 bits per heavy atom. The average molecular weight is 815 g/mol. The fourth-order valence-corrected chi connectivity index (χ4v) is 9.74. The van der Waals surface area contributed by atoms with Crippen LogP contribution in [0.15, 0.2) is 255 Å². The predicted octanol–water partition coefficient (Wildman–Crippen LogP) is 17.2. The molecule has 11 aromatic carbocycles. The molecule has 0 fully saturated rings. The molecule has 2 heteroatoms. The molecule has 0 atom stereocenters. The summed E-state index contributed by atoms with van der Waals surface area (Å²) in [6.07, 6.45) is 0. The molecule has 0 aliphatic carbocycles. The van der Waals surface area contributed by atoms with E-state index in [2.05, 4.69) is 264 Å². The van der Waals surface area contributed by atoms with Crippen molar-refractivity contribution < 1.29 is 0 Å². The van der Waals surface area contributed by atoms with Crippen LogP contribution in [0.3, 0.4) is 0 Å². The van der Waals surface area contributed by atoms with Gasteiger partial charge in [-0.2, -0.15) is 0 Å². The molecule has 0 bridgehead atoms. The highest BCUT2D eigenvalue weighted by Gasteiger charge is 2.20. The fourth-order valence-electron chi connectivity index (χ4n) is 9.74. The van der Waals surface area contributed by atoms with Gasteiger partial charge in [-0.25, -0.2) is 0 Å². The Balaban J connectivity index is 1.03. The molecule has 1 aromatic heterocycles. The summed E-state index contributed by atoms with van der Waals surface area (Å²) in [4.78, 5) is 2.41. The minimum absolute atomic E-state index is 1.08. The van der Waals surface area contributed by atoms with Gasteiger partial charge in [0.2, 0.25) is 0 Å². The van der Waals surface area contributed by atoms with Crippen molar-refractivity contribution in [3.05, 3.63) is 255 Å². The van der Waals surface area contributed by atoms with Crippen molar-refractivity contribution in [2.45, 2.75) is 0 Å². The van der Waals surface area contributed by atoms with Crippen molar-refractivity contribution >= 4 is 60.4 Å². The van der Waals surface area contributed by atoms with E-state index in [0.29, 0.717) is 0 Å². The molecule has 0 N–H and O–H groups in total. The van der Waals surface area contributed by atoms with Crippen LogP contribution in [0.5, 0.6) is 0 Å². The van der Waals surface area contributed by atoms with E-state index in [0.717, 1.165) is 28.3 Å². The van der Waals surface area contributed by atoms with Crippen molar-refractivity contribution in [3.63, 3.8) is 0 Å². The fraction of sp³-hybridized carbons (Fsp3) is 0. The third-order valence-corrected chi connectivity index (χ3v) is 12.8. The molecule has 64 heavy (non-hydrogen) atoms. The maximum Gasteiger partial charge on any atom is 0.0547 e. The van der Waals surface area contributed by atoms with Crippen molar-refractivity contribution in [3.8, 4) is 50.2 Å². The van der Waals surface area contributed by atoms with Crippen LogP contribution in [0.4, 0.5) is 17.1 Å². The van der Waals surface area contributed by atoms with Crippen LogP contribution in [0, 0.1) is 0 Å². The number of fused-ring (bicyclic) bond motifs is 5. The summed E-state index contributed by atoms with van der Waals surface area (Å²) in [6.45, 7) is 0. The van der Waals surface area contributed by atoms with Gasteiger partial charge in [0, 0.05) is 33.4 Å². The molecule has 0 saturated carbocycles. The number of nitrogens with zero attached hydrogens (tertiary/aromatic N) is 2. The largest absolute Gasteiger partial charge is 0.310 e. The number of anilines is 3. The summed E-state index contributed by atoms with van der Waals surface area (Å²) >= 11 is 0. The normalized spacial score (nSPS) is 11.4. The summed E-state index contributed by atoms with van der Waals surface area (Å²) in [5, 5.41) is 7.45. The van der Waals surface area contributed by atoms with Gasteiger partial charge in [0.25, 0.3) is 0 Å². The average Bonchev–Trinajstić information content (AvgIpc) is 3.69. The first-order valence-electron chi connectivity index (χ1n) is 22.0. The molecule has 0 aliphatic heterocycles. The van der Waals surface area contributed by atoms with E-state index < -0.39 is 0 Å². The number of hydrogen-bond acceptors (Lipinski definition) is 1. The lowest BCUT2D eigenvalue weighted by Crippen LogP contribution is -2.10. The first kappa shape index (κ1) is 37.3. The first-order chi connectivity index (χ1) is 31.7. The molecular formula is C62H42N2. The van der Waals surface area contributed by atoms with Gasteiger partial charge in [0.05, 0.1) is 16.7 Å². The van der Waals surface area contributed by atoms with E-state index in [1.165, 1.54) is 82.3 Å². The van der Waals surface area contributed by atoms with Crippen molar-refractivity contribution in [1.29, 1.82) is 0 Å². The molecule has 0 saturated heterocycles. The number of benzene rings is 11. The molecular weight excluding hydrogens is 773 g/mol. The molecule has 0 spiro atoms. The van der Waals surface area contributed by atoms with Gasteiger partial charge in [-0.15, -0.1) is 0 Å². The highest BCUT2D eigenvalue weighted by atomic mass is 15.1. The number of rotatable bonds is 8. The first-order valence-corrected chi connectivity index (χ1v) is 22.0. The quantitative estimate of drug-likeness (QED) is 0.148. The Morgan fingerprint density at radius 3 is 1.62 bits per heavy atom. The summed E-state index contributed by atoms with van der Waals surface area (Å²) in [6, 6.07) is 92.8. The molecule has 0 aliphatic rings. The van der Waals surface area contributed by atoms with E-state index in [1.807, 2.05) is 0 Å². The number of hydrogen-bond donors (Lipinski definition) is 0. The molecule has 12 rings (SSSR count). The van der Waals surface area contributed by atoms with E-state index >= 15 is 0 Å². The Morgan fingerprint density at radius 2 is 0.812 bits per heavy atom. The minimum atomic E-state index is 1.08. The van der Waals surface area contributed by atoms with Crippen LogP contribution in [-0.2, 0) is 0 Å². The van der Waals surface area contributed by atoms with Gasteiger partial charge >= 0.3 is 0 Å². The van der Waals surface area contributed by atoms with E-state index in [4.69, 9.17) is 0 Å². The zero-order valence-corrected chi connectivity index (χ0v) is 35.1. The molecule has 0 unspecified atom stereocenters. The van der Waals surface area contributed by atoms with Crippen LogP contribution >= 0.6 is 0 Å². The van der Waals surface area contributed by atoms with Gasteiger partial charge in [0.1, 0.15) is 0 Å². The Labute approximate surface area is 373 Å². The van der Waals surface area contributed by atoms with Crippen molar-refractivity contribution in [1.82, 2.24) is 4.57 Å². The Hall–Kier alpha value is -8.46. The summed E-state index contributed by atoms with van der Waals surface area (Å²) < 4.78 is 2.45. The van der Waals surface area contributed by atoms with Gasteiger partial charge in [0.15, 0.2) is 0 Å². The molecule has 0 amide bonds. The Kier molecular flexibility index (Phi) is 9.20. The smallest absolute Gasteiger partial charge is 0.0547 e. The topological polar surface area (TPSA) is 8.17 Å². The second kappa shape index (κ2) is 15.8. The predicted molar refractivity (Wildman–Crippen MR) is 272 cm³/mol. The molecule has 1 heterocycles. The second-order valence-corrected chi connectivity index (χ2v) is 16.5. The lowest BCUT2D eigenvalue weighted by molar-refractivity contribution is 1.18. The zero-order valence-electron chi connectivity index (χ0n) is 35.1. The number of para-hydroxylation sites is 2. The van der Waals surface area contributed by atoms with E-state index in [9.17, 15) is 0 Å². The minimum Gasteiger partial charge on any atom is -0.310 e. The van der Waals surface area contributed by atoms with Gasteiger partial charge in [-0.1, -0.05) is 194 Å². The van der Waals surface area contributed by atoms with Crippen LogP contribution in [0.2, 0.25) is 0 Å². The number of aromatic nitrogens is 1. The van der Waals surface area contributed by atoms with Gasteiger partial charge < -0.3 is 9.47 Å². The second-order valence-electron chi connectivity index (χ2n) is 16.5. The highest BCUT2D eigenvalue weighted by molar-refractivity contribution is 6.14. The third kappa shape index (κ3) is 6.52. The van der Waals surface area contributed by atoms with Gasteiger partial charge in [-0.05, 0) is 121 Å². The van der Waals surface area contributed by atoms with Crippen LogP contribution < -0.4 is 4.90 Å². The summed E-state index contributed by atoms with van der Waals surface area (Å²) in [5.41, 5.74) is 16.3. The summed E-state index contributed by atoms with van der Waals surface area (Å²) in [5.74, 6) is 0. The zero-order chi connectivity index (χ0) is 42.4. The SMILES string of the molecule is c1ccc(-c2cccc(N(c3ccc(-c4ccccc4-n4c5ccccc5c5cc6ccccc6cc54)cc3)c3ccc(-c4ccccc4)c(-c4cccc5ccccc45)c3)c2)cc1. The van der Waals surface area contributed by atoms with Crippen LogP contribution in [0.1, 0.15) is 0 Å². The lowest BCUT2D eigenvalue weighted by atomic mass is 9.90. The lowest BCUT2D eigenvalue weighted by Gasteiger charge is -2.28. The van der Waals surface area contributed by atoms with Crippen LogP contribution in [0.25, 0.3) is 93.5 Å². The molecule has 300 valence electrons. The van der Waals surface area contributed by atoms with E-state index in [-0.39, 0.29) is 0 Å². The standard InChI is InChI=1S/C62H42N2/c1-3-17-43(18-4-1)47-25-15-26-51(39-47)63(52-37-38-54(44-19-5-2-6-20-44)58(42-52)56-30-16-24-45-21-9-10-27-53(45)56)50-35-33-46(34-36-50)55-28-11-13-31-60(55)64-61-32-14-12-29-57(61)59-40-48-22-7-8-23-49(48)41-62(59)64/h1-42H. The third-order valence-electron chi connectivity index (χ3n) is 12.8. The Bertz CT molecular complexity index is 3650. The monoisotopic (exact) mass is 814 g/mol. The van der Waals surface area contributed by atoms with Crippen molar-refractivity contribution in [2.24, 2.45) is 0 Å². The summed E-state index contributed by atoms with van der Waals surface area (Å²) in [7, 11) is 0. The van der Waals surface area contributed by atoms with Gasteiger partial charge in [-0.3, -0.25) is 0 Å².